The van der Waals surface area contributed by atoms with Crippen molar-refractivity contribution in [2.24, 2.45) is 16.7 Å². The summed E-state index contributed by atoms with van der Waals surface area (Å²) in [4.78, 5) is 25.3. The van der Waals surface area contributed by atoms with E-state index >= 15 is 0 Å². The van der Waals surface area contributed by atoms with Gasteiger partial charge in [-0.15, -0.1) is 0 Å². The fourth-order valence-corrected chi connectivity index (χ4v) is 3.94. The number of hydrogen-bond acceptors (Lipinski definition) is 6. The number of aliphatic hydroxyl groups is 4. The summed E-state index contributed by atoms with van der Waals surface area (Å²) >= 11 is 0. The maximum absolute atomic E-state index is 12.6. The van der Waals surface area contributed by atoms with Crippen molar-refractivity contribution in [3.8, 4) is 0 Å². The van der Waals surface area contributed by atoms with Crippen LogP contribution in [0.1, 0.15) is 53.4 Å². The topological polar surface area (TPSA) is 115 Å². The molecule has 1 unspecified atom stereocenters. The van der Waals surface area contributed by atoms with Crippen molar-refractivity contribution in [3.63, 3.8) is 0 Å². The average Bonchev–Trinajstić information content (AvgIpc) is 2.40. The zero-order chi connectivity index (χ0) is 19.2. The molecule has 0 spiro atoms. The van der Waals surface area contributed by atoms with Crippen LogP contribution in [0.4, 0.5) is 0 Å². The summed E-state index contributed by atoms with van der Waals surface area (Å²) in [5, 5.41) is 40.6. The smallest absolute Gasteiger partial charge is 0.163 e. The molecule has 0 fully saturated rings. The molecule has 140 valence electrons. The van der Waals surface area contributed by atoms with Crippen molar-refractivity contribution in [1.29, 1.82) is 0 Å². The summed E-state index contributed by atoms with van der Waals surface area (Å²) in [6, 6.07) is 0. The lowest BCUT2D eigenvalue weighted by Gasteiger charge is -2.37. The number of aliphatic hydroxyl groups excluding tert-OH is 4. The molecule has 0 heterocycles. The lowest BCUT2D eigenvalue weighted by Crippen LogP contribution is -2.40. The third kappa shape index (κ3) is 3.96. The molecule has 0 amide bonds. The first-order valence-electron chi connectivity index (χ1n) is 8.58. The lowest BCUT2D eigenvalue weighted by molar-refractivity contribution is -0.120. The van der Waals surface area contributed by atoms with Crippen LogP contribution in [-0.4, -0.2) is 44.7 Å². The van der Waals surface area contributed by atoms with Gasteiger partial charge in [-0.05, 0) is 10.8 Å². The van der Waals surface area contributed by atoms with Crippen LogP contribution in [-0.2, 0) is 9.59 Å². The van der Waals surface area contributed by atoms with E-state index in [2.05, 4.69) is 0 Å². The van der Waals surface area contributed by atoms with Crippen molar-refractivity contribution in [3.05, 3.63) is 22.7 Å². The molecule has 0 aromatic carbocycles. The number of allylic oxidation sites excluding steroid dienone is 2. The van der Waals surface area contributed by atoms with Gasteiger partial charge in [0.05, 0.1) is 18.6 Å². The molecule has 2 rings (SSSR count). The summed E-state index contributed by atoms with van der Waals surface area (Å²) < 4.78 is 0. The average molecular weight is 352 g/mol. The number of ketones is 2. The molecule has 0 saturated heterocycles. The fourth-order valence-electron chi connectivity index (χ4n) is 3.94. The zero-order valence-electron chi connectivity index (χ0n) is 15.3. The van der Waals surface area contributed by atoms with Crippen molar-refractivity contribution >= 4 is 11.6 Å². The fraction of sp³-hybridized carbons (Fsp3) is 0.684. The molecule has 0 aromatic rings. The standard InChI is InChI=1S/C19H28O6/c1-18(2)5-10(21)15(11(22)6-18)17(14(25)9-20)16-12(23)7-19(3,4)8-13(16)24/h14,17,20-21,23,25H,5-9H2,1-4H3. The molecule has 0 aromatic heterocycles. The number of Topliss-reactive ketones (excluding diaryl/α,β-unsaturated/α-hetero) is 2. The molecule has 2 aliphatic rings. The maximum atomic E-state index is 12.6. The highest BCUT2D eigenvalue weighted by Gasteiger charge is 2.45. The molecule has 4 N–H and O–H groups in total. The van der Waals surface area contributed by atoms with Gasteiger partial charge in [0.2, 0.25) is 0 Å². The molecule has 6 heteroatoms. The Balaban J connectivity index is 2.59. The van der Waals surface area contributed by atoms with Crippen LogP contribution in [0, 0.1) is 16.7 Å². The Kier molecular flexibility index (Phi) is 5.17. The second kappa shape index (κ2) is 6.57. The van der Waals surface area contributed by atoms with E-state index < -0.39 is 29.5 Å². The van der Waals surface area contributed by atoms with Crippen LogP contribution < -0.4 is 0 Å². The highest BCUT2D eigenvalue weighted by Crippen LogP contribution is 2.45. The van der Waals surface area contributed by atoms with Gasteiger partial charge < -0.3 is 20.4 Å². The minimum atomic E-state index is -1.45. The highest BCUT2D eigenvalue weighted by molar-refractivity contribution is 6.04. The van der Waals surface area contributed by atoms with Crippen molar-refractivity contribution in [2.45, 2.75) is 59.5 Å². The first-order chi connectivity index (χ1) is 11.4. The Bertz CT molecular complexity index is 601. The van der Waals surface area contributed by atoms with Crippen LogP contribution in [0.3, 0.4) is 0 Å². The van der Waals surface area contributed by atoms with Crippen LogP contribution in [0.5, 0.6) is 0 Å². The molecule has 0 radical (unpaired) electrons. The Morgan fingerprint density at radius 1 is 0.840 bits per heavy atom. The summed E-state index contributed by atoms with van der Waals surface area (Å²) in [6.07, 6.45) is -0.666. The first kappa shape index (κ1) is 19.7. The van der Waals surface area contributed by atoms with Crippen molar-refractivity contribution < 1.29 is 30.0 Å². The van der Waals surface area contributed by atoms with Gasteiger partial charge in [0.25, 0.3) is 0 Å². The van der Waals surface area contributed by atoms with Gasteiger partial charge in [-0.1, -0.05) is 27.7 Å². The molecule has 0 saturated carbocycles. The normalized spacial score (nSPS) is 24.9. The van der Waals surface area contributed by atoms with Crippen LogP contribution >= 0.6 is 0 Å². The highest BCUT2D eigenvalue weighted by atomic mass is 16.3. The molecule has 1 atom stereocenters. The van der Waals surface area contributed by atoms with E-state index in [-0.39, 0.29) is 59.9 Å². The van der Waals surface area contributed by atoms with Gasteiger partial charge >= 0.3 is 0 Å². The molecule has 0 aliphatic heterocycles. The monoisotopic (exact) mass is 352 g/mol. The maximum Gasteiger partial charge on any atom is 0.163 e. The second-order valence-electron chi connectivity index (χ2n) is 8.83. The Morgan fingerprint density at radius 3 is 1.48 bits per heavy atom. The first-order valence-corrected chi connectivity index (χ1v) is 8.58. The molecule has 0 bridgehead atoms. The van der Waals surface area contributed by atoms with E-state index in [1.54, 1.807) is 0 Å². The van der Waals surface area contributed by atoms with Gasteiger partial charge in [0.15, 0.2) is 11.6 Å². The van der Waals surface area contributed by atoms with Crippen LogP contribution in [0.25, 0.3) is 0 Å². The largest absolute Gasteiger partial charge is 0.512 e. The molecular weight excluding hydrogens is 324 g/mol. The number of hydrogen-bond donors (Lipinski definition) is 4. The second-order valence-corrected chi connectivity index (χ2v) is 8.83. The number of rotatable bonds is 4. The van der Waals surface area contributed by atoms with Gasteiger partial charge in [-0.2, -0.15) is 0 Å². The van der Waals surface area contributed by atoms with E-state index in [0.717, 1.165) is 0 Å². The molecule has 6 nitrogen and oxygen atoms in total. The summed E-state index contributed by atoms with van der Waals surface area (Å²) in [7, 11) is 0. The third-order valence-corrected chi connectivity index (χ3v) is 4.99. The van der Waals surface area contributed by atoms with Gasteiger partial charge in [-0.3, -0.25) is 9.59 Å². The van der Waals surface area contributed by atoms with E-state index in [4.69, 9.17) is 0 Å². The van der Waals surface area contributed by atoms with E-state index in [9.17, 15) is 30.0 Å². The summed E-state index contributed by atoms with van der Waals surface area (Å²) in [5.41, 5.74) is -0.964. The minimum absolute atomic E-state index is 0.0597. The molecule has 2 aliphatic carbocycles. The van der Waals surface area contributed by atoms with E-state index in [1.165, 1.54) is 0 Å². The van der Waals surface area contributed by atoms with Gasteiger partial charge in [-0.25, -0.2) is 0 Å². The van der Waals surface area contributed by atoms with Crippen molar-refractivity contribution in [2.75, 3.05) is 6.61 Å². The van der Waals surface area contributed by atoms with Gasteiger partial charge in [0.1, 0.15) is 11.5 Å². The van der Waals surface area contributed by atoms with Crippen molar-refractivity contribution in [1.82, 2.24) is 0 Å². The van der Waals surface area contributed by atoms with Gasteiger partial charge in [0, 0.05) is 36.8 Å². The van der Waals surface area contributed by atoms with E-state index in [0.29, 0.717) is 0 Å². The van der Waals surface area contributed by atoms with Crippen LogP contribution in [0.15, 0.2) is 22.7 Å². The minimum Gasteiger partial charge on any atom is -0.512 e. The summed E-state index contributed by atoms with van der Waals surface area (Å²) in [5.74, 6) is -2.32. The quantitative estimate of drug-likeness (QED) is 0.617. The Labute approximate surface area is 147 Å². The van der Waals surface area contributed by atoms with Crippen LogP contribution in [0.2, 0.25) is 0 Å². The third-order valence-electron chi connectivity index (χ3n) is 4.99. The predicted molar refractivity (Wildman–Crippen MR) is 91.9 cm³/mol. The SMILES string of the molecule is CC1(C)CC(=O)C(C(C2=C(O)CC(C)(C)CC2=O)C(O)CO)=C(O)C1. The lowest BCUT2D eigenvalue weighted by atomic mass is 9.67. The van der Waals surface area contributed by atoms with E-state index in [1.807, 2.05) is 27.7 Å². The summed E-state index contributed by atoms with van der Waals surface area (Å²) in [6.45, 7) is 6.70. The zero-order valence-corrected chi connectivity index (χ0v) is 15.3. The number of carbonyl (C=O) groups is 2. The molecule has 25 heavy (non-hydrogen) atoms. The number of carbonyl (C=O) groups excluding carboxylic acids is 2. The molecular formula is C19H28O6. The Morgan fingerprint density at radius 2 is 1.20 bits per heavy atom. The Hall–Kier alpha value is -1.66. The predicted octanol–water partition coefficient (Wildman–Crippen LogP) is 2.36.